The average Bonchev–Trinajstić information content (AvgIpc) is 3.03. The maximum Gasteiger partial charge on any atom is 0.00390 e. The molecule has 17 heavy (non-hydrogen) atoms. The lowest BCUT2D eigenvalue weighted by molar-refractivity contribution is 0.0570. The predicted molar refractivity (Wildman–Crippen MR) is 77.4 cm³/mol. The summed E-state index contributed by atoms with van der Waals surface area (Å²) in [4.78, 5) is 2.77. The van der Waals surface area contributed by atoms with E-state index in [1.165, 1.54) is 71.2 Å². The highest BCUT2D eigenvalue weighted by Gasteiger charge is 2.37. The number of nitrogens with one attached hydrogen (secondary N) is 1. The Labute approximate surface area is 118 Å². The van der Waals surface area contributed by atoms with Gasteiger partial charge in [-0.3, -0.25) is 0 Å². The van der Waals surface area contributed by atoms with E-state index in [1.54, 1.807) is 0 Å². The normalized spacial score (nSPS) is 28.2. The van der Waals surface area contributed by atoms with Crippen LogP contribution in [0, 0.1) is 11.3 Å². The van der Waals surface area contributed by atoms with Crippen molar-refractivity contribution in [2.45, 2.75) is 38.5 Å². The summed E-state index contributed by atoms with van der Waals surface area (Å²) in [5, 5.41) is 3.51. The fourth-order valence-corrected chi connectivity index (χ4v) is 3.50. The smallest absolute Gasteiger partial charge is 0.00390 e. The van der Waals surface area contributed by atoms with E-state index in [2.05, 4.69) is 10.2 Å². The van der Waals surface area contributed by atoms with Gasteiger partial charge in [0.15, 0.2) is 0 Å². The highest BCUT2D eigenvalue weighted by Crippen LogP contribution is 2.39. The van der Waals surface area contributed by atoms with E-state index >= 15 is 0 Å². The Kier molecular flexibility index (Phi) is 6.04. The van der Waals surface area contributed by atoms with Crippen LogP contribution in [0.2, 0.25) is 0 Å². The first-order valence-corrected chi connectivity index (χ1v) is 6.79. The maximum atomic E-state index is 3.51. The number of rotatable bonds is 2. The summed E-state index contributed by atoms with van der Waals surface area (Å²) >= 11 is 0. The summed E-state index contributed by atoms with van der Waals surface area (Å²) in [5.41, 5.74) is 0.707. The van der Waals surface area contributed by atoms with Crippen LogP contribution in [0.4, 0.5) is 0 Å². The fourth-order valence-electron chi connectivity index (χ4n) is 3.50. The van der Waals surface area contributed by atoms with Crippen molar-refractivity contribution in [3.63, 3.8) is 0 Å². The van der Waals surface area contributed by atoms with Crippen molar-refractivity contribution in [3.05, 3.63) is 0 Å². The Morgan fingerprint density at radius 1 is 1.06 bits per heavy atom. The summed E-state index contributed by atoms with van der Waals surface area (Å²) in [5.74, 6) is 1.07. The van der Waals surface area contributed by atoms with Gasteiger partial charge in [-0.05, 0) is 69.5 Å². The minimum atomic E-state index is 0. The maximum absolute atomic E-state index is 3.51. The molecule has 1 N–H and O–H groups in total. The van der Waals surface area contributed by atoms with E-state index in [-0.39, 0.29) is 24.8 Å². The number of likely N-dealkylation sites (tertiary alicyclic amines) is 1. The molecule has 102 valence electrons. The Morgan fingerprint density at radius 3 is 2.41 bits per heavy atom. The summed E-state index contributed by atoms with van der Waals surface area (Å²) in [7, 11) is 0. The Morgan fingerprint density at radius 2 is 1.76 bits per heavy atom. The average molecular weight is 281 g/mol. The van der Waals surface area contributed by atoms with Gasteiger partial charge in [-0.2, -0.15) is 0 Å². The van der Waals surface area contributed by atoms with Crippen LogP contribution in [0.15, 0.2) is 0 Å². The van der Waals surface area contributed by atoms with Gasteiger partial charge in [-0.1, -0.05) is 0 Å². The van der Waals surface area contributed by atoms with Crippen LogP contribution in [0.25, 0.3) is 0 Å². The van der Waals surface area contributed by atoms with Crippen LogP contribution in [0.3, 0.4) is 0 Å². The Balaban J connectivity index is 0.000000722. The monoisotopic (exact) mass is 280 g/mol. The van der Waals surface area contributed by atoms with Crippen molar-refractivity contribution in [1.82, 2.24) is 10.2 Å². The molecule has 0 aromatic rings. The van der Waals surface area contributed by atoms with Crippen molar-refractivity contribution in [2.75, 3.05) is 32.7 Å². The third-order valence-electron chi connectivity index (χ3n) is 4.62. The molecule has 0 bridgehead atoms. The van der Waals surface area contributed by atoms with Gasteiger partial charge in [-0.25, -0.2) is 0 Å². The van der Waals surface area contributed by atoms with E-state index in [0.717, 1.165) is 5.92 Å². The largest absolute Gasteiger partial charge is 0.317 e. The molecule has 0 amide bonds. The van der Waals surface area contributed by atoms with Crippen molar-refractivity contribution < 1.29 is 0 Å². The van der Waals surface area contributed by atoms with Gasteiger partial charge in [0.05, 0.1) is 0 Å². The molecular weight excluding hydrogens is 255 g/mol. The second-order valence-corrected chi connectivity index (χ2v) is 6.03. The summed E-state index contributed by atoms with van der Waals surface area (Å²) in [6.45, 7) is 6.72. The third-order valence-corrected chi connectivity index (χ3v) is 4.62. The first-order valence-electron chi connectivity index (χ1n) is 6.79. The Bertz CT molecular complexity index is 220. The Hall–Kier alpha value is 0.500. The zero-order valence-electron chi connectivity index (χ0n) is 10.6. The zero-order chi connectivity index (χ0) is 10.1. The van der Waals surface area contributed by atoms with E-state index in [1.807, 2.05) is 0 Å². The van der Waals surface area contributed by atoms with Crippen molar-refractivity contribution >= 4 is 24.8 Å². The number of hydrogen-bond donors (Lipinski definition) is 1. The number of piperidine rings is 2. The second-order valence-electron chi connectivity index (χ2n) is 6.03. The number of nitrogens with zero attached hydrogens (tertiary/aromatic N) is 1. The molecule has 2 heterocycles. The SMILES string of the molecule is C1CN(CC2CC2)CC2(C1)CCNCC2.Cl.Cl. The molecule has 1 saturated carbocycles. The molecule has 0 aromatic heterocycles. The molecular formula is C13H26Cl2N2. The number of halogens is 2. The fraction of sp³-hybridized carbons (Fsp3) is 1.00. The van der Waals surface area contributed by atoms with Crippen LogP contribution in [-0.2, 0) is 0 Å². The molecule has 1 aliphatic carbocycles. The molecule has 0 aromatic carbocycles. The quantitative estimate of drug-likeness (QED) is 0.837. The van der Waals surface area contributed by atoms with Crippen molar-refractivity contribution in [1.29, 1.82) is 0 Å². The molecule has 3 fully saturated rings. The minimum Gasteiger partial charge on any atom is -0.317 e. The van der Waals surface area contributed by atoms with Crippen LogP contribution in [-0.4, -0.2) is 37.6 Å². The summed E-state index contributed by atoms with van der Waals surface area (Å²) in [6, 6.07) is 0. The van der Waals surface area contributed by atoms with Gasteiger partial charge < -0.3 is 10.2 Å². The lowest BCUT2D eigenvalue weighted by Gasteiger charge is -2.45. The summed E-state index contributed by atoms with van der Waals surface area (Å²) in [6.07, 6.45) is 8.81. The lowest BCUT2D eigenvalue weighted by Crippen LogP contribution is -2.48. The van der Waals surface area contributed by atoms with Crippen LogP contribution < -0.4 is 5.32 Å². The molecule has 3 rings (SSSR count). The van der Waals surface area contributed by atoms with Crippen LogP contribution in [0.1, 0.15) is 38.5 Å². The van der Waals surface area contributed by atoms with E-state index < -0.39 is 0 Å². The van der Waals surface area contributed by atoms with Crippen molar-refractivity contribution in [3.8, 4) is 0 Å². The van der Waals surface area contributed by atoms with Gasteiger partial charge in [0, 0.05) is 13.1 Å². The minimum absolute atomic E-state index is 0. The predicted octanol–water partition coefficient (Wildman–Crippen LogP) is 2.71. The van der Waals surface area contributed by atoms with Gasteiger partial charge in [-0.15, -0.1) is 24.8 Å². The standard InChI is InChI=1S/C13H24N2.2ClH/c1-4-13(5-7-14-8-6-13)11-15(9-1)10-12-2-3-12;;/h12,14H,1-11H2;2*1H. The highest BCUT2D eigenvalue weighted by atomic mass is 35.5. The van der Waals surface area contributed by atoms with Gasteiger partial charge >= 0.3 is 0 Å². The van der Waals surface area contributed by atoms with E-state index in [9.17, 15) is 0 Å². The van der Waals surface area contributed by atoms with Gasteiger partial charge in [0.25, 0.3) is 0 Å². The molecule has 0 radical (unpaired) electrons. The topological polar surface area (TPSA) is 15.3 Å². The highest BCUT2D eigenvalue weighted by molar-refractivity contribution is 5.85. The van der Waals surface area contributed by atoms with E-state index in [4.69, 9.17) is 0 Å². The molecule has 0 unspecified atom stereocenters. The molecule has 4 heteroatoms. The molecule has 2 saturated heterocycles. The van der Waals surface area contributed by atoms with Crippen LogP contribution >= 0.6 is 24.8 Å². The second kappa shape index (κ2) is 6.60. The zero-order valence-corrected chi connectivity index (χ0v) is 12.3. The summed E-state index contributed by atoms with van der Waals surface area (Å²) < 4.78 is 0. The number of hydrogen-bond acceptors (Lipinski definition) is 2. The third kappa shape index (κ3) is 3.99. The molecule has 0 atom stereocenters. The van der Waals surface area contributed by atoms with Crippen LogP contribution in [0.5, 0.6) is 0 Å². The first kappa shape index (κ1) is 15.6. The lowest BCUT2D eigenvalue weighted by atomic mass is 9.73. The molecule has 2 nitrogen and oxygen atoms in total. The molecule has 2 aliphatic heterocycles. The van der Waals surface area contributed by atoms with Gasteiger partial charge in [0.2, 0.25) is 0 Å². The van der Waals surface area contributed by atoms with Gasteiger partial charge in [0.1, 0.15) is 0 Å². The first-order chi connectivity index (χ1) is 7.36. The van der Waals surface area contributed by atoms with E-state index in [0.29, 0.717) is 5.41 Å². The molecule has 1 spiro atoms. The molecule has 3 aliphatic rings. The van der Waals surface area contributed by atoms with Crippen molar-refractivity contribution in [2.24, 2.45) is 11.3 Å².